The minimum absolute atomic E-state index is 0.297. The van der Waals surface area contributed by atoms with Crippen molar-refractivity contribution >= 4 is 5.91 Å². The Kier molecular flexibility index (Phi) is 4.85. The number of fused-ring (bicyclic) bond motifs is 1. The molecule has 2 saturated heterocycles. The highest BCUT2D eigenvalue weighted by Gasteiger charge is 2.40. The highest BCUT2D eigenvalue weighted by molar-refractivity contribution is 5.83. The summed E-state index contributed by atoms with van der Waals surface area (Å²) in [5.41, 5.74) is 5.59. The monoisotopic (exact) mass is 267 g/mol. The van der Waals surface area contributed by atoms with Crippen LogP contribution in [0.4, 0.5) is 0 Å². The van der Waals surface area contributed by atoms with E-state index in [0.717, 1.165) is 32.5 Å². The largest absolute Gasteiger partial charge is 0.339 e. The zero-order valence-electron chi connectivity index (χ0n) is 12.5. The van der Waals surface area contributed by atoms with Gasteiger partial charge < -0.3 is 10.6 Å². The first kappa shape index (κ1) is 14.8. The molecule has 0 radical (unpaired) electrons. The van der Waals surface area contributed by atoms with E-state index in [1.165, 1.54) is 25.8 Å². The lowest BCUT2D eigenvalue weighted by atomic mass is 9.80. The number of carbonyl (C=O) groups is 1. The molecule has 1 amide bonds. The second-order valence-electron chi connectivity index (χ2n) is 6.13. The number of nitrogens with zero attached hydrogens (tertiary/aromatic N) is 2. The summed E-state index contributed by atoms with van der Waals surface area (Å²) in [6.07, 6.45) is 5.58. The number of hydrogen-bond acceptors (Lipinski definition) is 3. The molecule has 1 unspecified atom stereocenters. The lowest BCUT2D eigenvalue weighted by Gasteiger charge is -2.46. The van der Waals surface area contributed by atoms with Crippen molar-refractivity contribution in [1.29, 1.82) is 0 Å². The van der Waals surface area contributed by atoms with E-state index in [1.807, 2.05) is 0 Å². The molecule has 4 nitrogen and oxygen atoms in total. The molecular formula is C15H29N3O. The zero-order valence-corrected chi connectivity index (χ0v) is 12.5. The normalized spacial score (nSPS) is 25.2. The highest BCUT2D eigenvalue weighted by Crippen LogP contribution is 2.30. The van der Waals surface area contributed by atoms with E-state index >= 15 is 0 Å². The molecule has 0 bridgehead atoms. The maximum atomic E-state index is 12.8. The molecule has 2 N–H and O–H groups in total. The molecule has 0 saturated carbocycles. The Labute approximate surface area is 117 Å². The molecular weight excluding hydrogens is 238 g/mol. The number of rotatable bonds is 4. The maximum absolute atomic E-state index is 12.8. The molecule has 0 aliphatic carbocycles. The Hall–Kier alpha value is -0.610. The van der Waals surface area contributed by atoms with Gasteiger partial charge in [0.25, 0.3) is 0 Å². The van der Waals surface area contributed by atoms with Crippen LogP contribution in [0.2, 0.25) is 0 Å². The van der Waals surface area contributed by atoms with Crippen LogP contribution in [0.3, 0.4) is 0 Å². The minimum Gasteiger partial charge on any atom is -0.339 e. The van der Waals surface area contributed by atoms with Gasteiger partial charge in [0.2, 0.25) is 5.91 Å². The molecule has 0 spiro atoms. The predicted molar refractivity (Wildman–Crippen MR) is 77.9 cm³/mol. The van der Waals surface area contributed by atoms with Crippen LogP contribution in [0, 0.1) is 5.41 Å². The third-order valence-electron chi connectivity index (χ3n) is 5.32. The van der Waals surface area contributed by atoms with Crippen molar-refractivity contribution in [2.75, 3.05) is 32.7 Å². The van der Waals surface area contributed by atoms with Crippen molar-refractivity contribution in [3.05, 3.63) is 0 Å². The Morgan fingerprint density at radius 1 is 1.21 bits per heavy atom. The first-order valence-electron chi connectivity index (χ1n) is 7.90. The molecule has 2 fully saturated rings. The second-order valence-corrected chi connectivity index (χ2v) is 6.13. The molecule has 1 atom stereocenters. The third kappa shape index (κ3) is 2.79. The van der Waals surface area contributed by atoms with Crippen LogP contribution in [-0.4, -0.2) is 54.5 Å². The van der Waals surface area contributed by atoms with Crippen molar-refractivity contribution in [3.63, 3.8) is 0 Å². The molecule has 110 valence electrons. The van der Waals surface area contributed by atoms with Gasteiger partial charge in [-0.05, 0) is 32.2 Å². The zero-order chi connectivity index (χ0) is 13.9. The highest BCUT2D eigenvalue weighted by atomic mass is 16.2. The van der Waals surface area contributed by atoms with Crippen LogP contribution in [0.25, 0.3) is 0 Å². The predicted octanol–water partition coefficient (Wildman–Crippen LogP) is 1.45. The summed E-state index contributed by atoms with van der Waals surface area (Å²) in [7, 11) is 0. The van der Waals surface area contributed by atoms with E-state index in [-0.39, 0.29) is 5.41 Å². The first-order valence-corrected chi connectivity index (χ1v) is 7.90. The van der Waals surface area contributed by atoms with Crippen molar-refractivity contribution in [1.82, 2.24) is 9.80 Å². The van der Waals surface area contributed by atoms with Crippen molar-refractivity contribution in [3.8, 4) is 0 Å². The van der Waals surface area contributed by atoms with Crippen molar-refractivity contribution in [2.24, 2.45) is 11.1 Å². The van der Waals surface area contributed by atoms with E-state index in [4.69, 9.17) is 5.73 Å². The molecule has 19 heavy (non-hydrogen) atoms. The molecule has 0 aromatic rings. The van der Waals surface area contributed by atoms with Gasteiger partial charge in [0.05, 0.1) is 5.41 Å². The Bertz CT molecular complexity index is 306. The number of hydrogen-bond donors (Lipinski definition) is 1. The van der Waals surface area contributed by atoms with Crippen LogP contribution in [-0.2, 0) is 4.79 Å². The number of piperazine rings is 1. The molecule has 2 rings (SSSR count). The summed E-state index contributed by atoms with van der Waals surface area (Å²) in [6, 6.07) is 0.593. The van der Waals surface area contributed by atoms with E-state index in [1.54, 1.807) is 0 Å². The average molecular weight is 267 g/mol. The molecule has 0 aromatic heterocycles. The molecule has 4 heteroatoms. The van der Waals surface area contributed by atoms with E-state index < -0.39 is 0 Å². The fraction of sp³-hybridized carbons (Fsp3) is 0.933. The maximum Gasteiger partial charge on any atom is 0.230 e. The lowest BCUT2D eigenvalue weighted by molar-refractivity contribution is -0.145. The number of piperidine rings is 1. The summed E-state index contributed by atoms with van der Waals surface area (Å²) in [6.45, 7) is 8.72. The Morgan fingerprint density at radius 3 is 2.58 bits per heavy atom. The number of amides is 1. The van der Waals surface area contributed by atoms with Gasteiger partial charge in [-0.2, -0.15) is 0 Å². The summed E-state index contributed by atoms with van der Waals surface area (Å²) < 4.78 is 0. The van der Waals surface area contributed by atoms with Crippen molar-refractivity contribution < 1.29 is 4.79 Å². The SMILES string of the molecule is CCC(CC)(CN)C(=O)N1CCN2CCCCC2C1. The average Bonchev–Trinajstić information content (AvgIpc) is 2.49. The third-order valence-corrected chi connectivity index (χ3v) is 5.32. The van der Waals surface area contributed by atoms with Crippen LogP contribution < -0.4 is 5.73 Å². The summed E-state index contributed by atoms with van der Waals surface area (Å²) in [5, 5.41) is 0. The van der Waals surface area contributed by atoms with Gasteiger partial charge in [0.15, 0.2) is 0 Å². The van der Waals surface area contributed by atoms with E-state index in [2.05, 4.69) is 23.6 Å². The number of carbonyl (C=O) groups excluding carboxylic acids is 1. The molecule has 0 aromatic carbocycles. The number of nitrogens with two attached hydrogens (primary N) is 1. The molecule has 2 aliphatic heterocycles. The van der Waals surface area contributed by atoms with Gasteiger partial charge in [-0.25, -0.2) is 0 Å². The Balaban J connectivity index is 2.03. The second kappa shape index (κ2) is 6.23. The van der Waals surface area contributed by atoms with E-state index in [9.17, 15) is 4.79 Å². The quantitative estimate of drug-likeness (QED) is 0.838. The fourth-order valence-electron chi connectivity index (χ4n) is 3.60. The van der Waals surface area contributed by atoms with Gasteiger partial charge in [0.1, 0.15) is 0 Å². The minimum atomic E-state index is -0.323. The van der Waals surface area contributed by atoms with E-state index in [0.29, 0.717) is 18.5 Å². The van der Waals surface area contributed by atoms with Crippen LogP contribution >= 0.6 is 0 Å². The molecule has 2 aliphatic rings. The lowest BCUT2D eigenvalue weighted by Crippen LogP contribution is -2.59. The summed E-state index contributed by atoms with van der Waals surface area (Å²) >= 11 is 0. The Morgan fingerprint density at radius 2 is 1.95 bits per heavy atom. The van der Waals surface area contributed by atoms with Gasteiger partial charge in [0, 0.05) is 32.2 Å². The van der Waals surface area contributed by atoms with Gasteiger partial charge >= 0.3 is 0 Å². The van der Waals surface area contributed by atoms with Gasteiger partial charge in [-0.15, -0.1) is 0 Å². The van der Waals surface area contributed by atoms with Gasteiger partial charge in [-0.1, -0.05) is 20.3 Å². The summed E-state index contributed by atoms with van der Waals surface area (Å²) in [4.78, 5) is 17.5. The topological polar surface area (TPSA) is 49.6 Å². The fourth-order valence-corrected chi connectivity index (χ4v) is 3.60. The standard InChI is InChI=1S/C15H29N3O/c1-3-15(4-2,12-16)14(19)18-10-9-17-8-6-5-7-13(17)11-18/h13H,3-12,16H2,1-2H3. The van der Waals surface area contributed by atoms with Crippen LogP contribution in [0.1, 0.15) is 46.0 Å². The first-order chi connectivity index (χ1) is 9.16. The van der Waals surface area contributed by atoms with Crippen LogP contribution in [0.15, 0.2) is 0 Å². The van der Waals surface area contributed by atoms with Gasteiger partial charge in [-0.3, -0.25) is 9.69 Å². The summed E-state index contributed by atoms with van der Waals surface area (Å²) in [5.74, 6) is 0.297. The van der Waals surface area contributed by atoms with Crippen molar-refractivity contribution in [2.45, 2.75) is 52.0 Å². The molecule has 2 heterocycles. The van der Waals surface area contributed by atoms with Crippen LogP contribution in [0.5, 0.6) is 0 Å². The smallest absolute Gasteiger partial charge is 0.230 e.